The van der Waals surface area contributed by atoms with Gasteiger partial charge in [-0.25, -0.2) is 17.8 Å². The maximum absolute atomic E-state index is 8.27. The molecule has 0 spiro atoms. The normalized spacial score (nSPS) is 29.4. The largest absolute Gasteiger partial charge is 0.373 e. The van der Waals surface area contributed by atoms with Gasteiger partial charge in [-0.3, -0.25) is 4.52 Å². The van der Waals surface area contributed by atoms with Gasteiger partial charge in [0.25, 0.3) is 8.53 Å². The highest BCUT2D eigenvalue weighted by Crippen LogP contribution is 2.56. The fourth-order valence-electron chi connectivity index (χ4n) is 4.50. The van der Waals surface area contributed by atoms with Crippen molar-refractivity contribution in [2.24, 2.45) is 0 Å². The molecule has 2 saturated heterocycles. The van der Waals surface area contributed by atoms with Gasteiger partial charge in [-0.05, 0) is 52.8 Å². The number of hydrogen-bond acceptors (Lipinski definition) is 10. The summed E-state index contributed by atoms with van der Waals surface area (Å²) >= 11 is 24.6. The van der Waals surface area contributed by atoms with Gasteiger partial charge in [0.2, 0.25) is 23.2 Å². The average Bonchev–Trinajstić information content (AvgIpc) is 3.45. The molecule has 0 aromatic rings. The molecule has 248 valence electrons. The van der Waals surface area contributed by atoms with E-state index in [1.807, 2.05) is 41.5 Å². The van der Waals surface area contributed by atoms with Crippen molar-refractivity contribution in [3.63, 3.8) is 0 Å². The summed E-state index contributed by atoms with van der Waals surface area (Å²) < 4.78 is 56.4. The van der Waals surface area contributed by atoms with Crippen LogP contribution in [-0.4, -0.2) is 96.8 Å². The molecule has 17 heteroatoms. The third-order valence-corrected chi connectivity index (χ3v) is 11.3. The van der Waals surface area contributed by atoms with Gasteiger partial charge in [-0.1, -0.05) is 41.7 Å². The van der Waals surface area contributed by atoms with Crippen molar-refractivity contribution >= 4 is 61.9 Å². The summed E-state index contributed by atoms with van der Waals surface area (Å²) in [6.07, 6.45) is -2.07. The molecule has 0 aromatic carbocycles. The summed E-state index contributed by atoms with van der Waals surface area (Å²) in [7, 11) is -1.59. The maximum Gasteiger partial charge on any atom is 0.330 e. The molecule has 0 aromatic heterocycles. The number of rotatable bonds is 19. The number of alkyl halides is 3. The summed E-state index contributed by atoms with van der Waals surface area (Å²) in [4.78, 5) is 6.67. The molecule has 0 N–H and O–H groups in total. The van der Waals surface area contributed by atoms with E-state index in [0.717, 1.165) is 0 Å². The van der Waals surface area contributed by atoms with E-state index >= 15 is 0 Å². The van der Waals surface area contributed by atoms with Crippen molar-refractivity contribution in [3.8, 4) is 0 Å². The Morgan fingerprint density at radius 1 is 1.12 bits per heavy atom. The van der Waals surface area contributed by atoms with Crippen LogP contribution in [0.2, 0.25) is 0 Å². The van der Waals surface area contributed by atoms with E-state index in [0.29, 0.717) is 12.8 Å². The number of hydrogen-bond donors (Lipinski definition) is 0. The van der Waals surface area contributed by atoms with Crippen LogP contribution in [0.15, 0.2) is 0 Å². The maximum atomic E-state index is 8.27. The highest BCUT2D eigenvalue weighted by molar-refractivity contribution is 8.07. The molecule has 2 aliphatic rings. The topological polar surface area (TPSA) is 85.8 Å². The van der Waals surface area contributed by atoms with Crippen LogP contribution in [0.1, 0.15) is 62.2 Å². The molecule has 0 saturated carbocycles. The minimum atomic E-state index is -3.62. The van der Waals surface area contributed by atoms with E-state index in [2.05, 4.69) is 14.4 Å². The summed E-state index contributed by atoms with van der Waals surface area (Å²) in [5.74, 6) is 0. The fourth-order valence-corrected chi connectivity index (χ4v) is 9.03. The van der Waals surface area contributed by atoms with Crippen LogP contribution in [0.4, 0.5) is 0 Å². The van der Waals surface area contributed by atoms with Crippen LogP contribution in [-0.2, 0) is 48.6 Å². The molecule has 0 bridgehead atoms. The zero-order valence-corrected chi connectivity index (χ0v) is 30.3. The van der Waals surface area contributed by atoms with Gasteiger partial charge in [0.1, 0.15) is 19.3 Å². The second kappa shape index (κ2) is 19.4. The van der Waals surface area contributed by atoms with Gasteiger partial charge in [0.15, 0.2) is 0 Å². The molecule has 43 heavy (non-hydrogen) atoms. The van der Waals surface area contributed by atoms with E-state index in [1.54, 1.807) is 0 Å². The van der Waals surface area contributed by atoms with Crippen molar-refractivity contribution in [3.05, 3.63) is 22.8 Å². The van der Waals surface area contributed by atoms with Crippen molar-refractivity contribution in [1.82, 2.24) is 4.67 Å². The monoisotopic (exact) mass is 727 g/mol. The molecule has 0 amide bonds. The van der Waals surface area contributed by atoms with E-state index in [9.17, 15) is 0 Å². The van der Waals surface area contributed by atoms with Crippen LogP contribution >= 0.6 is 50.0 Å². The van der Waals surface area contributed by atoms with Gasteiger partial charge in [0, 0.05) is 31.5 Å². The quantitative estimate of drug-likeness (QED) is 0.0444. The summed E-state index contributed by atoms with van der Waals surface area (Å²) in [5.41, 5.74) is 0. The van der Waals surface area contributed by atoms with E-state index in [-0.39, 0.29) is 63.6 Å². The van der Waals surface area contributed by atoms with E-state index in [1.165, 1.54) is 0 Å². The Labute approximate surface area is 279 Å². The molecule has 9 atom stereocenters. The molecule has 5 unspecified atom stereocenters. The third kappa shape index (κ3) is 13.3. The predicted octanol–water partition coefficient (Wildman–Crippen LogP) is 7.30. The zero-order valence-electron chi connectivity index (χ0n) is 26.4. The lowest BCUT2D eigenvalue weighted by Crippen LogP contribution is -2.39. The molecule has 11 nitrogen and oxygen atoms in total. The molecule has 2 fully saturated rings. The number of halogens is 3. The Morgan fingerprint density at radius 3 is 2.35 bits per heavy atom. The Kier molecular flexibility index (Phi) is 17.2. The first kappa shape index (κ1) is 38.0. The van der Waals surface area contributed by atoms with Gasteiger partial charge in [-0.2, -0.15) is 0 Å². The van der Waals surface area contributed by atoms with E-state index in [4.69, 9.17) is 98.0 Å². The summed E-state index contributed by atoms with van der Waals surface area (Å²) in [5, 5.41) is 0. The minimum absolute atomic E-state index is 0.0315. The SMILES string of the molecule is [3H][C@H]1CC(OP(OCC[N+]#[C-])N(C(C)C)C(C)C)[C@@H](COC(OP(=S)(OCC[N+]#[C-])OC2C[C@H](C)O[C@@H]2CC)C(Cl)(Cl)Cl)O1. The van der Waals surface area contributed by atoms with Gasteiger partial charge < -0.3 is 42.0 Å². The second-order valence-corrected chi connectivity index (χ2v) is 17.2. The van der Waals surface area contributed by atoms with E-state index < -0.39 is 50.2 Å². The first-order valence-electron chi connectivity index (χ1n) is 14.8. The lowest BCUT2D eigenvalue weighted by Gasteiger charge is -2.37. The molecule has 0 radical (unpaired) electrons. The average molecular weight is 729 g/mol. The third-order valence-electron chi connectivity index (χ3n) is 6.30. The minimum Gasteiger partial charge on any atom is -0.373 e. The first-order chi connectivity index (χ1) is 20.6. The van der Waals surface area contributed by atoms with Crippen LogP contribution in [0.3, 0.4) is 0 Å². The smallest absolute Gasteiger partial charge is 0.330 e. The lowest BCUT2D eigenvalue weighted by atomic mass is 10.1. The second-order valence-electron chi connectivity index (χ2n) is 10.5. The Morgan fingerprint density at radius 2 is 1.77 bits per heavy atom. The number of ether oxygens (including phenoxy) is 3. The summed E-state index contributed by atoms with van der Waals surface area (Å²) in [6, 6.07) is 0.181. The molecule has 2 heterocycles. The van der Waals surface area contributed by atoms with Gasteiger partial charge >= 0.3 is 6.72 Å². The van der Waals surface area contributed by atoms with Gasteiger partial charge in [0.05, 0.1) is 32.4 Å². The van der Waals surface area contributed by atoms with Crippen molar-refractivity contribution in [2.45, 2.75) is 113 Å². The van der Waals surface area contributed by atoms with Gasteiger partial charge in [-0.15, -0.1) is 0 Å². The van der Waals surface area contributed by atoms with Crippen LogP contribution in [0.25, 0.3) is 9.69 Å². The van der Waals surface area contributed by atoms with Crippen LogP contribution in [0.5, 0.6) is 0 Å². The Hall–Kier alpha value is 0.570. The fraction of sp³-hybridized carbons (Fsp3) is 0.923. The Bertz CT molecular complexity index is 1000. The lowest BCUT2D eigenvalue weighted by molar-refractivity contribution is -0.124. The molecule has 0 aliphatic carbocycles. The number of nitrogens with zero attached hydrogens (tertiary/aromatic N) is 3. The Balaban J connectivity index is 2.22. The summed E-state index contributed by atoms with van der Waals surface area (Å²) in [6.45, 7) is 22.0. The first-order valence-corrected chi connectivity index (χ1v) is 19.0. The highest BCUT2D eigenvalue weighted by Gasteiger charge is 2.45. The standard InChI is InChI=1S/C26H44Cl3N3O8P2S/c1-9-21-23(16-20(6)37-21)39-42(43,36-15-12-31-8)40-25(26(27,28)29)34-17-24-22(10-13-33-24)38-41(35-14-11-30-7)32(18(2)3)19(4)5/h18-25H,9-17H2,1-6H3/t20-,21+,22?,23?,24+,25?,41?,42?/m0/s1/i13T/t13-,20-,21+,22?,23?,24+,25?,41?,42?. The highest BCUT2D eigenvalue weighted by atomic mass is 35.6. The molecule has 2 rings (SSSR count). The molecular weight excluding hydrogens is 683 g/mol. The van der Waals surface area contributed by atoms with Crippen LogP contribution in [0, 0.1) is 13.1 Å². The van der Waals surface area contributed by atoms with Crippen molar-refractivity contribution in [2.75, 3.05) is 39.5 Å². The predicted molar refractivity (Wildman–Crippen MR) is 173 cm³/mol. The zero-order chi connectivity index (χ0) is 33.1. The molecular formula is C26H44Cl3N3O8P2S. The van der Waals surface area contributed by atoms with Crippen LogP contribution < -0.4 is 0 Å². The molecule has 2 aliphatic heterocycles. The van der Waals surface area contributed by atoms with Crippen molar-refractivity contribution < 1.29 is 38.2 Å². The van der Waals surface area contributed by atoms with Crippen molar-refractivity contribution in [1.29, 1.82) is 0 Å².